The van der Waals surface area contributed by atoms with Gasteiger partial charge < -0.3 is 10.4 Å². The third kappa shape index (κ3) is 6.36. The molecule has 0 saturated carbocycles. The Hall–Kier alpha value is -0.160. The average Bonchev–Trinajstić information content (AvgIpc) is 2.33. The monoisotopic (exact) mass is 246 g/mol. The summed E-state index contributed by atoms with van der Waals surface area (Å²) in [6.45, 7) is 9.59. The molecule has 4 nitrogen and oxygen atoms in total. The summed E-state index contributed by atoms with van der Waals surface area (Å²) >= 11 is 0. The van der Waals surface area contributed by atoms with Gasteiger partial charge in [0.2, 0.25) is 0 Å². The smallest absolute Gasteiger partial charge is 0.0523 e. The Balaban J connectivity index is 4.21. The lowest BCUT2D eigenvalue weighted by Crippen LogP contribution is -2.48. The molecule has 0 bridgehead atoms. The number of hydrogen-bond acceptors (Lipinski definition) is 4. The minimum absolute atomic E-state index is 0.00315. The molecule has 2 atom stereocenters. The molecule has 0 aliphatic rings. The van der Waals surface area contributed by atoms with Crippen LogP contribution in [0.2, 0.25) is 0 Å². The topological polar surface area (TPSA) is 46.9 Å². The lowest BCUT2D eigenvalue weighted by atomic mass is 10.1. The lowest BCUT2D eigenvalue weighted by molar-refractivity contribution is -0.195. The Morgan fingerprint density at radius 1 is 0.882 bits per heavy atom. The van der Waals surface area contributed by atoms with Crippen molar-refractivity contribution in [3.63, 3.8) is 0 Å². The highest BCUT2D eigenvalue weighted by Crippen LogP contribution is 2.13. The second-order valence-corrected chi connectivity index (χ2v) is 4.75. The van der Waals surface area contributed by atoms with Crippen molar-refractivity contribution in [3.8, 4) is 0 Å². The largest absolute Gasteiger partial charge is 0.314 e. The van der Waals surface area contributed by atoms with Crippen molar-refractivity contribution in [3.05, 3.63) is 0 Å². The molecule has 4 heteroatoms. The zero-order valence-corrected chi connectivity index (χ0v) is 11.9. The van der Waals surface area contributed by atoms with Crippen molar-refractivity contribution in [1.82, 2.24) is 10.1 Å². The first-order chi connectivity index (χ1) is 8.08. The summed E-state index contributed by atoms with van der Waals surface area (Å²) in [5.41, 5.74) is 0. The van der Waals surface area contributed by atoms with Crippen LogP contribution in [0, 0.1) is 0 Å². The predicted octanol–water partition coefficient (Wildman–Crippen LogP) is 3.14. The van der Waals surface area contributed by atoms with Gasteiger partial charge in [-0.05, 0) is 26.2 Å². The summed E-state index contributed by atoms with van der Waals surface area (Å²) in [5.74, 6) is 0. The number of rotatable bonds is 10. The molecule has 0 rings (SSSR count). The first kappa shape index (κ1) is 16.8. The minimum Gasteiger partial charge on any atom is -0.314 e. The van der Waals surface area contributed by atoms with Gasteiger partial charge in [0.1, 0.15) is 0 Å². The number of hydrogen-bond donors (Lipinski definition) is 2. The third-order valence-corrected chi connectivity index (χ3v) is 3.31. The van der Waals surface area contributed by atoms with Crippen molar-refractivity contribution in [1.29, 1.82) is 0 Å². The Kier molecular flexibility index (Phi) is 9.74. The van der Waals surface area contributed by atoms with Crippen molar-refractivity contribution in [2.75, 3.05) is 13.1 Å². The molecule has 0 spiro atoms. The molecule has 0 fully saturated rings. The zero-order valence-electron chi connectivity index (χ0n) is 11.9. The van der Waals surface area contributed by atoms with E-state index in [-0.39, 0.29) is 12.1 Å². The highest BCUT2D eigenvalue weighted by molar-refractivity contribution is 4.76. The van der Waals surface area contributed by atoms with Crippen LogP contribution in [0.25, 0.3) is 0 Å². The van der Waals surface area contributed by atoms with Gasteiger partial charge in [-0.2, -0.15) is 10.1 Å². The Labute approximate surface area is 106 Å². The molecule has 0 aliphatic heterocycles. The molecule has 0 saturated heterocycles. The second kappa shape index (κ2) is 9.83. The number of nitrogens with zero attached hydrogens (tertiary/aromatic N) is 2. The predicted molar refractivity (Wildman–Crippen MR) is 70.3 cm³/mol. The molecule has 0 radical (unpaired) electrons. The summed E-state index contributed by atoms with van der Waals surface area (Å²) < 4.78 is 0. The number of unbranched alkanes of at least 4 members (excludes halogenated alkanes) is 2. The fourth-order valence-corrected chi connectivity index (χ4v) is 2.01. The van der Waals surface area contributed by atoms with E-state index < -0.39 is 0 Å². The van der Waals surface area contributed by atoms with Gasteiger partial charge in [0.25, 0.3) is 0 Å². The van der Waals surface area contributed by atoms with Gasteiger partial charge in [-0.1, -0.05) is 33.6 Å². The van der Waals surface area contributed by atoms with E-state index in [1.165, 1.54) is 10.1 Å². The highest BCUT2D eigenvalue weighted by Gasteiger charge is 2.25. The normalized spacial score (nSPS) is 15.5. The van der Waals surface area contributed by atoms with Crippen LogP contribution in [0.5, 0.6) is 0 Å². The first-order valence-electron chi connectivity index (χ1n) is 6.99. The van der Waals surface area contributed by atoms with E-state index in [0.717, 1.165) is 32.1 Å². The quantitative estimate of drug-likeness (QED) is 0.581. The van der Waals surface area contributed by atoms with Crippen LogP contribution < -0.4 is 0 Å². The van der Waals surface area contributed by atoms with Crippen LogP contribution in [0.15, 0.2) is 0 Å². The van der Waals surface area contributed by atoms with E-state index in [2.05, 4.69) is 13.8 Å². The van der Waals surface area contributed by atoms with Gasteiger partial charge in [-0.15, -0.1) is 0 Å². The van der Waals surface area contributed by atoms with Crippen LogP contribution in [0.3, 0.4) is 0 Å². The summed E-state index contributed by atoms with van der Waals surface area (Å²) in [6, 6.07) is -0.0307. The SMILES string of the molecule is CCCCN(O)C(C)C(CC)N(O)CCCC. The van der Waals surface area contributed by atoms with E-state index in [9.17, 15) is 10.4 Å². The van der Waals surface area contributed by atoms with Crippen LogP contribution >= 0.6 is 0 Å². The average molecular weight is 246 g/mol. The molecule has 104 valence electrons. The van der Waals surface area contributed by atoms with Gasteiger partial charge in [0.05, 0.1) is 12.1 Å². The summed E-state index contributed by atoms with van der Waals surface area (Å²) in [5, 5.41) is 22.7. The summed E-state index contributed by atoms with van der Waals surface area (Å²) in [6.07, 6.45) is 4.95. The molecule has 0 aromatic carbocycles. The first-order valence-corrected chi connectivity index (χ1v) is 6.99. The molecule has 0 aromatic heterocycles. The zero-order chi connectivity index (χ0) is 13.3. The molecule has 0 aliphatic carbocycles. The van der Waals surface area contributed by atoms with Gasteiger partial charge in [0.15, 0.2) is 0 Å². The lowest BCUT2D eigenvalue weighted by Gasteiger charge is -2.34. The van der Waals surface area contributed by atoms with Gasteiger partial charge in [-0.3, -0.25) is 0 Å². The maximum absolute atomic E-state index is 9.98. The molecule has 0 amide bonds. The van der Waals surface area contributed by atoms with Crippen LogP contribution in [0.1, 0.15) is 59.8 Å². The van der Waals surface area contributed by atoms with Crippen molar-refractivity contribution >= 4 is 0 Å². The van der Waals surface area contributed by atoms with Gasteiger partial charge >= 0.3 is 0 Å². The summed E-state index contributed by atoms with van der Waals surface area (Å²) in [4.78, 5) is 0. The van der Waals surface area contributed by atoms with Gasteiger partial charge in [-0.25, -0.2) is 0 Å². The standard InChI is InChI=1S/C13H30N2O2/c1-5-8-10-14(16)12(4)13(7-3)15(17)11-9-6-2/h12-13,16-17H,5-11H2,1-4H3. The summed E-state index contributed by atoms with van der Waals surface area (Å²) in [7, 11) is 0. The second-order valence-electron chi connectivity index (χ2n) is 4.75. The van der Waals surface area contributed by atoms with Crippen LogP contribution in [0.4, 0.5) is 0 Å². The number of hydroxylamine groups is 4. The van der Waals surface area contributed by atoms with Crippen molar-refractivity contribution in [2.24, 2.45) is 0 Å². The Morgan fingerprint density at radius 2 is 1.35 bits per heavy atom. The molecule has 17 heavy (non-hydrogen) atoms. The third-order valence-electron chi connectivity index (χ3n) is 3.31. The Morgan fingerprint density at radius 3 is 1.76 bits per heavy atom. The van der Waals surface area contributed by atoms with Crippen LogP contribution in [-0.4, -0.2) is 45.7 Å². The van der Waals surface area contributed by atoms with E-state index in [0.29, 0.717) is 13.1 Å². The van der Waals surface area contributed by atoms with Crippen LogP contribution in [-0.2, 0) is 0 Å². The Bertz CT molecular complexity index is 179. The maximum Gasteiger partial charge on any atom is 0.0523 e. The fourth-order valence-electron chi connectivity index (χ4n) is 2.01. The van der Waals surface area contributed by atoms with E-state index >= 15 is 0 Å². The molecule has 2 unspecified atom stereocenters. The molecule has 0 heterocycles. The van der Waals surface area contributed by atoms with E-state index in [1.54, 1.807) is 0 Å². The van der Waals surface area contributed by atoms with E-state index in [1.807, 2.05) is 13.8 Å². The van der Waals surface area contributed by atoms with Crippen molar-refractivity contribution < 1.29 is 10.4 Å². The van der Waals surface area contributed by atoms with Crippen molar-refractivity contribution in [2.45, 2.75) is 71.9 Å². The maximum atomic E-state index is 9.98. The molecule has 0 aromatic rings. The van der Waals surface area contributed by atoms with E-state index in [4.69, 9.17) is 0 Å². The highest BCUT2D eigenvalue weighted by atomic mass is 16.5. The molecular formula is C13H30N2O2. The minimum atomic E-state index is -0.0339. The fraction of sp³-hybridized carbons (Fsp3) is 1.00. The molecular weight excluding hydrogens is 216 g/mol. The molecule has 2 N–H and O–H groups in total. The van der Waals surface area contributed by atoms with Gasteiger partial charge in [0, 0.05) is 13.1 Å².